The first kappa shape index (κ1) is 28.8. The molecule has 9 aromatic rings. The number of fused-ring (bicyclic) bond motifs is 7. The molecule has 0 bridgehead atoms. The van der Waals surface area contributed by atoms with Gasteiger partial charge in [0.15, 0.2) is 17.5 Å². The summed E-state index contributed by atoms with van der Waals surface area (Å²) in [5.74, 6) is 1.97. The van der Waals surface area contributed by atoms with Crippen LogP contribution >= 0.6 is 11.3 Å². The first-order valence-electron chi connectivity index (χ1n) is 16.9. The van der Waals surface area contributed by atoms with Crippen LogP contribution in [0.4, 0.5) is 0 Å². The Morgan fingerprint density at radius 1 is 0.400 bits per heavy atom. The lowest BCUT2D eigenvalue weighted by molar-refractivity contribution is 0.769. The van der Waals surface area contributed by atoms with Crippen molar-refractivity contribution < 1.29 is 0 Å². The summed E-state index contributed by atoms with van der Waals surface area (Å²) in [5.41, 5.74) is 9.93. The third kappa shape index (κ3) is 4.32. The summed E-state index contributed by atoms with van der Waals surface area (Å²) in [6.07, 6.45) is 0. The van der Waals surface area contributed by atoms with Gasteiger partial charge in [0.05, 0.1) is 5.41 Å². The maximum absolute atomic E-state index is 5.11. The largest absolute Gasteiger partial charge is 0.208 e. The van der Waals surface area contributed by atoms with E-state index in [1.54, 1.807) is 0 Å². The molecule has 0 unspecified atom stereocenters. The summed E-state index contributed by atoms with van der Waals surface area (Å²) < 4.78 is 2.60. The fraction of sp³-hybridized carbons (Fsp3) is 0.0217. The van der Waals surface area contributed by atoms with Crippen molar-refractivity contribution >= 4 is 31.5 Å². The van der Waals surface area contributed by atoms with Crippen LogP contribution in [0.15, 0.2) is 176 Å². The van der Waals surface area contributed by atoms with Crippen LogP contribution in [0.1, 0.15) is 22.3 Å². The summed E-state index contributed by atoms with van der Waals surface area (Å²) in [6.45, 7) is 0. The van der Waals surface area contributed by atoms with Crippen LogP contribution in [0.5, 0.6) is 0 Å². The molecule has 0 saturated heterocycles. The predicted octanol–water partition coefficient (Wildman–Crippen LogP) is 11.6. The van der Waals surface area contributed by atoms with E-state index in [9.17, 15) is 0 Å². The highest BCUT2D eigenvalue weighted by Crippen LogP contribution is 2.59. The van der Waals surface area contributed by atoms with Gasteiger partial charge in [0.25, 0.3) is 0 Å². The van der Waals surface area contributed by atoms with Crippen LogP contribution in [0.3, 0.4) is 0 Å². The van der Waals surface area contributed by atoms with Gasteiger partial charge in [-0.1, -0.05) is 164 Å². The van der Waals surface area contributed by atoms with Crippen molar-refractivity contribution in [1.82, 2.24) is 15.0 Å². The van der Waals surface area contributed by atoms with Gasteiger partial charge in [-0.05, 0) is 39.9 Å². The van der Waals surface area contributed by atoms with Crippen molar-refractivity contribution in [3.63, 3.8) is 0 Å². The Labute approximate surface area is 294 Å². The maximum atomic E-state index is 5.11. The van der Waals surface area contributed by atoms with Crippen molar-refractivity contribution in [1.29, 1.82) is 0 Å². The maximum Gasteiger partial charge on any atom is 0.164 e. The molecule has 10 rings (SSSR count). The normalized spacial score (nSPS) is 13.0. The summed E-state index contributed by atoms with van der Waals surface area (Å²) in [5, 5.41) is 2.58. The van der Waals surface area contributed by atoms with E-state index < -0.39 is 5.41 Å². The number of thiophene rings is 1. The van der Waals surface area contributed by atoms with Crippen LogP contribution in [0.25, 0.3) is 65.5 Å². The average Bonchev–Trinajstić information content (AvgIpc) is 3.73. The van der Waals surface area contributed by atoms with E-state index in [0.29, 0.717) is 17.5 Å². The lowest BCUT2D eigenvalue weighted by Crippen LogP contribution is -2.28. The quantitative estimate of drug-likeness (QED) is 0.185. The van der Waals surface area contributed by atoms with Gasteiger partial charge in [0.1, 0.15) is 0 Å². The second-order valence-electron chi connectivity index (χ2n) is 12.7. The summed E-state index contributed by atoms with van der Waals surface area (Å²) in [7, 11) is 0. The van der Waals surface area contributed by atoms with Crippen LogP contribution in [0, 0.1) is 0 Å². The first-order chi connectivity index (χ1) is 24.8. The van der Waals surface area contributed by atoms with Gasteiger partial charge in [-0.25, -0.2) is 15.0 Å². The lowest BCUT2D eigenvalue weighted by atomic mass is 9.67. The number of aromatic nitrogens is 3. The molecule has 50 heavy (non-hydrogen) atoms. The van der Waals surface area contributed by atoms with E-state index in [0.717, 1.165) is 16.7 Å². The summed E-state index contributed by atoms with van der Waals surface area (Å²) in [4.78, 5) is 15.2. The summed E-state index contributed by atoms with van der Waals surface area (Å²) >= 11 is 1.88. The second kappa shape index (κ2) is 11.4. The molecule has 0 atom stereocenters. The number of hydrogen-bond acceptors (Lipinski definition) is 4. The van der Waals surface area contributed by atoms with Gasteiger partial charge in [-0.15, -0.1) is 11.3 Å². The fourth-order valence-corrected chi connectivity index (χ4v) is 9.10. The van der Waals surface area contributed by atoms with Crippen molar-refractivity contribution in [3.05, 3.63) is 198 Å². The molecule has 3 nitrogen and oxygen atoms in total. The SMILES string of the molecule is c1ccc(-c2nc(-c3ccccc3)nc(-c3ccc4c(c3)-c3c(ccc5c3sc3ccccc35)C4(c3ccccc3)c3ccccc3)n2)cc1. The average molecular weight is 656 g/mol. The number of nitrogens with zero attached hydrogens (tertiary/aromatic N) is 3. The zero-order chi connectivity index (χ0) is 33.1. The lowest BCUT2D eigenvalue weighted by Gasteiger charge is -2.33. The van der Waals surface area contributed by atoms with Gasteiger partial charge in [0, 0.05) is 42.4 Å². The van der Waals surface area contributed by atoms with Crippen LogP contribution in [-0.4, -0.2) is 15.0 Å². The van der Waals surface area contributed by atoms with E-state index in [-0.39, 0.29) is 0 Å². The van der Waals surface area contributed by atoms with Gasteiger partial charge >= 0.3 is 0 Å². The van der Waals surface area contributed by atoms with Crippen molar-refractivity contribution in [2.45, 2.75) is 5.41 Å². The zero-order valence-corrected chi connectivity index (χ0v) is 27.8. The van der Waals surface area contributed by atoms with Gasteiger partial charge in [-0.2, -0.15) is 0 Å². The highest BCUT2D eigenvalue weighted by molar-refractivity contribution is 7.26. The highest BCUT2D eigenvalue weighted by Gasteiger charge is 2.47. The van der Waals surface area contributed by atoms with Gasteiger partial charge in [-0.3, -0.25) is 0 Å². The fourth-order valence-electron chi connectivity index (χ4n) is 7.83. The Hall–Kier alpha value is -6.23. The monoisotopic (exact) mass is 655 g/mol. The van der Waals surface area contributed by atoms with E-state index in [4.69, 9.17) is 15.0 Å². The highest BCUT2D eigenvalue weighted by atomic mass is 32.1. The third-order valence-electron chi connectivity index (χ3n) is 10.0. The Bertz CT molecular complexity index is 2590. The van der Waals surface area contributed by atoms with E-state index in [2.05, 4.69) is 140 Å². The molecule has 2 heterocycles. The summed E-state index contributed by atoms with van der Waals surface area (Å²) in [6, 6.07) is 62.6. The van der Waals surface area contributed by atoms with Crippen molar-refractivity contribution in [2.75, 3.05) is 0 Å². The smallest absolute Gasteiger partial charge is 0.164 e. The number of hydrogen-bond donors (Lipinski definition) is 0. The minimum atomic E-state index is -0.500. The minimum absolute atomic E-state index is 0.500. The first-order valence-corrected chi connectivity index (χ1v) is 17.7. The molecule has 0 spiro atoms. The standard InChI is InChI=1S/C46H29N3S/c1-5-15-30(16-6-1)43-47-44(31-17-7-2-8-18-31)49-45(48-43)32-25-27-38-37(29-32)41-39(28-26-36-35-23-13-14-24-40(35)50-42(36)41)46(38,33-19-9-3-10-20-33)34-21-11-4-12-22-34/h1-29H. The van der Waals surface area contributed by atoms with E-state index in [1.165, 1.54) is 53.6 Å². The van der Waals surface area contributed by atoms with Gasteiger partial charge < -0.3 is 0 Å². The third-order valence-corrected chi connectivity index (χ3v) is 11.2. The molecule has 1 aliphatic carbocycles. The Kier molecular flexibility index (Phi) is 6.58. The van der Waals surface area contributed by atoms with Crippen molar-refractivity contribution in [3.8, 4) is 45.3 Å². The Morgan fingerprint density at radius 2 is 0.900 bits per heavy atom. The molecule has 2 aromatic heterocycles. The molecular weight excluding hydrogens is 627 g/mol. The van der Waals surface area contributed by atoms with Gasteiger partial charge in [0.2, 0.25) is 0 Å². The molecule has 0 amide bonds. The second-order valence-corrected chi connectivity index (χ2v) is 13.8. The Morgan fingerprint density at radius 3 is 1.50 bits per heavy atom. The molecule has 4 heteroatoms. The molecule has 0 fully saturated rings. The molecule has 0 aliphatic heterocycles. The molecule has 0 saturated carbocycles. The van der Waals surface area contributed by atoms with E-state index in [1.807, 2.05) is 47.7 Å². The predicted molar refractivity (Wildman–Crippen MR) is 206 cm³/mol. The molecular formula is C46H29N3S. The molecule has 7 aromatic carbocycles. The number of benzene rings is 7. The molecule has 0 N–H and O–H groups in total. The zero-order valence-electron chi connectivity index (χ0n) is 27.0. The van der Waals surface area contributed by atoms with Crippen LogP contribution < -0.4 is 0 Å². The molecule has 0 radical (unpaired) electrons. The molecule has 1 aliphatic rings. The van der Waals surface area contributed by atoms with Crippen molar-refractivity contribution in [2.24, 2.45) is 0 Å². The molecule has 234 valence electrons. The van der Waals surface area contributed by atoms with Crippen LogP contribution in [-0.2, 0) is 5.41 Å². The Balaban J connectivity index is 1.29. The topological polar surface area (TPSA) is 38.7 Å². The number of rotatable bonds is 5. The van der Waals surface area contributed by atoms with E-state index >= 15 is 0 Å². The van der Waals surface area contributed by atoms with Crippen LogP contribution in [0.2, 0.25) is 0 Å². The minimum Gasteiger partial charge on any atom is -0.208 e.